The van der Waals surface area contributed by atoms with Crippen molar-refractivity contribution in [1.29, 1.82) is 0 Å². The zero-order chi connectivity index (χ0) is 16.4. The first-order valence-electron chi connectivity index (χ1n) is 7.79. The lowest BCUT2D eigenvalue weighted by atomic mass is 9.85. The van der Waals surface area contributed by atoms with Crippen molar-refractivity contribution >= 4 is 0 Å². The standard InChI is InChI=1S/C17H26F2N2O/c1-16(2,3)14-6-4-13(5-7-14)15(17(18,19)12-22)21-10-8-20-9-11-21/h4-7,15,20,22H,8-12H2,1-3H3/t15-/m1/s1. The minimum Gasteiger partial charge on any atom is -0.390 e. The number of alkyl halides is 2. The van der Waals surface area contributed by atoms with Crippen LogP contribution in [-0.2, 0) is 5.41 Å². The molecule has 1 fully saturated rings. The van der Waals surface area contributed by atoms with Gasteiger partial charge >= 0.3 is 0 Å². The first-order valence-corrected chi connectivity index (χ1v) is 7.79. The highest BCUT2D eigenvalue weighted by Gasteiger charge is 2.44. The van der Waals surface area contributed by atoms with Crippen LogP contribution in [0.1, 0.15) is 37.9 Å². The normalized spacial score (nSPS) is 19.2. The fourth-order valence-corrected chi connectivity index (χ4v) is 2.91. The Kier molecular flexibility index (Phi) is 5.20. The summed E-state index contributed by atoms with van der Waals surface area (Å²) in [6, 6.07) is 6.30. The summed E-state index contributed by atoms with van der Waals surface area (Å²) in [5.74, 6) is -3.15. The van der Waals surface area contributed by atoms with E-state index in [1.54, 1.807) is 17.0 Å². The van der Waals surface area contributed by atoms with Crippen molar-refractivity contribution in [1.82, 2.24) is 10.2 Å². The molecule has 0 bridgehead atoms. The van der Waals surface area contributed by atoms with Crippen molar-refractivity contribution in [2.75, 3.05) is 32.8 Å². The second-order valence-electron chi connectivity index (χ2n) is 6.98. The maximum atomic E-state index is 14.3. The maximum Gasteiger partial charge on any atom is 0.289 e. The average molecular weight is 312 g/mol. The number of nitrogens with one attached hydrogen (secondary N) is 1. The van der Waals surface area contributed by atoms with E-state index in [-0.39, 0.29) is 5.41 Å². The lowest BCUT2D eigenvalue weighted by molar-refractivity contribution is -0.118. The van der Waals surface area contributed by atoms with Crippen LogP contribution in [0.4, 0.5) is 8.78 Å². The molecular formula is C17H26F2N2O. The molecular weight excluding hydrogens is 286 g/mol. The Morgan fingerprint density at radius 2 is 1.68 bits per heavy atom. The highest BCUT2D eigenvalue weighted by molar-refractivity contribution is 5.30. The van der Waals surface area contributed by atoms with Crippen LogP contribution in [0.3, 0.4) is 0 Å². The van der Waals surface area contributed by atoms with E-state index in [1.165, 1.54) is 0 Å². The van der Waals surface area contributed by atoms with Gasteiger partial charge in [-0.2, -0.15) is 0 Å². The first-order chi connectivity index (χ1) is 10.3. The number of rotatable bonds is 4. The zero-order valence-electron chi connectivity index (χ0n) is 13.6. The predicted octanol–water partition coefficient (Wildman–Crippen LogP) is 2.56. The Morgan fingerprint density at radius 1 is 1.14 bits per heavy atom. The van der Waals surface area contributed by atoms with E-state index in [9.17, 15) is 8.78 Å². The predicted molar refractivity (Wildman–Crippen MR) is 84.4 cm³/mol. The first kappa shape index (κ1) is 17.3. The molecule has 0 amide bonds. The van der Waals surface area contributed by atoms with Gasteiger partial charge in [-0.25, -0.2) is 8.78 Å². The van der Waals surface area contributed by atoms with Crippen molar-refractivity contribution < 1.29 is 13.9 Å². The number of halogens is 2. The van der Waals surface area contributed by atoms with Crippen LogP contribution in [0.25, 0.3) is 0 Å². The zero-order valence-corrected chi connectivity index (χ0v) is 13.6. The molecule has 0 spiro atoms. The third-order valence-corrected chi connectivity index (χ3v) is 4.22. The summed E-state index contributed by atoms with van der Waals surface area (Å²) in [5, 5.41) is 12.3. The SMILES string of the molecule is CC(C)(C)c1ccc([C@@H](N2CCNCC2)C(F)(F)CO)cc1. The molecule has 1 aliphatic heterocycles. The number of nitrogens with zero attached hydrogens (tertiary/aromatic N) is 1. The van der Waals surface area contributed by atoms with Gasteiger partial charge in [0.2, 0.25) is 0 Å². The molecule has 3 nitrogen and oxygen atoms in total. The molecule has 1 atom stereocenters. The molecule has 1 saturated heterocycles. The van der Waals surface area contributed by atoms with Gasteiger partial charge in [0.1, 0.15) is 12.6 Å². The average Bonchev–Trinajstić information content (AvgIpc) is 2.48. The lowest BCUT2D eigenvalue weighted by Crippen LogP contribution is -2.51. The molecule has 0 saturated carbocycles. The maximum absolute atomic E-state index is 14.3. The van der Waals surface area contributed by atoms with Crippen molar-refractivity contribution in [3.05, 3.63) is 35.4 Å². The number of aliphatic hydroxyl groups excluding tert-OH is 1. The van der Waals surface area contributed by atoms with Gasteiger partial charge in [-0.3, -0.25) is 4.90 Å². The quantitative estimate of drug-likeness (QED) is 0.897. The van der Waals surface area contributed by atoms with E-state index in [4.69, 9.17) is 5.11 Å². The van der Waals surface area contributed by atoms with E-state index in [2.05, 4.69) is 26.1 Å². The molecule has 5 heteroatoms. The number of hydrogen-bond donors (Lipinski definition) is 2. The third kappa shape index (κ3) is 3.83. The molecule has 2 rings (SSSR count). The van der Waals surface area contributed by atoms with Gasteiger partial charge in [-0.1, -0.05) is 45.0 Å². The second kappa shape index (κ2) is 6.60. The summed E-state index contributed by atoms with van der Waals surface area (Å²) >= 11 is 0. The van der Waals surface area contributed by atoms with Crippen molar-refractivity contribution in [2.24, 2.45) is 0 Å². The van der Waals surface area contributed by atoms with Crippen molar-refractivity contribution in [3.8, 4) is 0 Å². The Morgan fingerprint density at radius 3 is 2.14 bits per heavy atom. The number of benzene rings is 1. The van der Waals surface area contributed by atoms with E-state index < -0.39 is 18.6 Å². The number of hydrogen-bond acceptors (Lipinski definition) is 3. The van der Waals surface area contributed by atoms with Crippen LogP contribution in [-0.4, -0.2) is 48.7 Å². The van der Waals surface area contributed by atoms with Crippen LogP contribution < -0.4 is 5.32 Å². The van der Waals surface area contributed by atoms with Crippen LogP contribution >= 0.6 is 0 Å². The van der Waals surface area contributed by atoms with Gasteiger partial charge in [0.25, 0.3) is 5.92 Å². The van der Waals surface area contributed by atoms with Gasteiger partial charge in [-0.05, 0) is 16.5 Å². The Bertz CT molecular complexity index is 476. The van der Waals surface area contributed by atoms with Gasteiger partial charge < -0.3 is 10.4 Å². The summed E-state index contributed by atoms with van der Waals surface area (Å²) in [6.07, 6.45) is 0. The Labute approximate surface area is 131 Å². The third-order valence-electron chi connectivity index (χ3n) is 4.22. The molecule has 124 valence electrons. The molecule has 1 aromatic carbocycles. The van der Waals surface area contributed by atoms with Gasteiger partial charge in [0.05, 0.1) is 0 Å². The summed E-state index contributed by atoms with van der Waals surface area (Å²) in [7, 11) is 0. The number of aliphatic hydroxyl groups is 1. The minimum absolute atomic E-state index is 0.0113. The van der Waals surface area contributed by atoms with Crippen molar-refractivity contribution in [3.63, 3.8) is 0 Å². The number of piperazine rings is 1. The van der Waals surface area contributed by atoms with Gasteiger partial charge in [0, 0.05) is 26.2 Å². The molecule has 0 radical (unpaired) electrons. The fourth-order valence-electron chi connectivity index (χ4n) is 2.91. The van der Waals surface area contributed by atoms with Crippen LogP contribution in [0.2, 0.25) is 0 Å². The topological polar surface area (TPSA) is 35.5 Å². The minimum atomic E-state index is -3.15. The summed E-state index contributed by atoms with van der Waals surface area (Å²) < 4.78 is 28.6. The fraction of sp³-hybridized carbons (Fsp3) is 0.647. The van der Waals surface area contributed by atoms with Gasteiger partial charge in [-0.15, -0.1) is 0 Å². The summed E-state index contributed by atoms with van der Waals surface area (Å²) in [6.45, 7) is 7.65. The highest BCUT2D eigenvalue weighted by atomic mass is 19.3. The highest BCUT2D eigenvalue weighted by Crippen LogP contribution is 2.37. The molecule has 1 heterocycles. The van der Waals surface area contributed by atoms with E-state index in [0.29, 0.717) is 31.7 Å². The lowest BCUT2D eigenvalue weighted by Gasteiger charge is -2.39. The molecule has 2 N–H and O–H groups in total. The Hall–Kier alpha value is -1.04. The molecule has 1 aliphatic rings. The van der Waals surface area contributed by atoms with E-state index >= 15 is 0 Å². The summed E-state index contributed by atoms with van der Waals surface area (Å²) in [5.41, 5.74) is 1.67. The Balaban J connectivity index is 2.32. The van der Waals surface area contributed by atoms with Crippen LogP contribution in [0.5, 0.6) is 0 Å². The molecule has 0 aliphatic carbocycles. The monoisotopic (exact) mass is 312 g/mol. The smallest absolute Gasteiger partial charge is 0.289 e. The molecule has 0 aromatic heterocycles. The van der Waals surface area contributed by atoms with Crippen LogP contribution in [0.15, 0.2) is 24.3 Å². The second-order valence-corrected chi connectivity index (χ2v) is 6.98. The molecule has 0 unspecified atom stereocenters. The van der Waals surface area contributed by atoms with Crippen LogP contribution in [0, 0.1) is 0 Å². The summed E-state index contributed by atoms with van der Waals surface area (Å²) in [4.78, 5) is 1.76. The van der Waals surface area contributed by atoms with Gasteiger partial charge in [0.15, 0.2) is 0 Å². The van der Waals surface area contributed by atoms with E-state index in [1.807, 2.05) is 12.1 Å². The largest absolute Gasteiger partial charge is 0.390 e. The molecule has 1 aromatic rings. The van der Waals surface area contributed by atoms with E-state index in [0.717, 1.165) is 5.56 Å². The molecule has 22 heavy (non-hydrogen) atoms. The van der Waals surface area contributed by atoms with Crippen molar-refractivity contribution in [2.45, 2.75) is 38.2 Å².